The first-order valence-electron chi connectivity index (χ1n) is 9.55. The Morgan fingerprint density at radius 3 is 2.70 bits per heavy atom. The van der Waals surface area contributed by atoms with Crippen LogP contribution in [0.1, 0.15) is 30.0 Å². The fourth-order valence-corrected chi connectivity index (χ4v) is 3.36. The highest BCUT2D eigenvalue weighted by Crippen LogP contribution is 2.38. The van der Waals surface area contributed by atoms with E-state index >= 15 is 0 Å². The van der Waals surface area contributed by atoms with E-state index in [4.69, 9.17) is 4.74 Å². The third-order valence-corrected chi connectivity index (χ3v) is 4.92. The number of methoxy groups -OCH3 is 1. The summed E-state index contributed by atoms with van der Waals surface area (Å²) < 4.78 is 46.0. The van der Waals surface area contributed by atoms with Crippen LogP contribution >= 0.6 is 0 Å². The maximum absolute atomic E-state index is 13.6. The molecule has 0 saturated heterocycles. The van der Waals surface area contributed by atoms with Gasteiger partial charge >= 0.3 is 6.18 Å². The van der Waals surface area contributed by atoms with Gasteiger partial charge < -0.3 is 20.1 Å². The van der Waals surface area contributed by atoms with E-state index in [-0.39, 0.29) is 23.3 Å². The number of halogens is 3. The number of rotatable bonds is 7. The molecule has 0 aliphatic rings. The van der Waals surface area contributed by atoms with Crippen LogP contribution in [0.25, 0.3) is 10.9 Å². The molecule has 0 bridgehead atoms. The van der Waals surface area contributed by atoms with E-state index in [1.54, 1.807) is 0 Å². The molecule has 3 rings (SSSR count). The third kappa shape index (κ3) is 4.59. The zero-order valence-corrected chi connectivity index (χ0v) is 17.0. The predicted octanol–water partition coefficient (Wildman–Crippen LogP) is 5.79. The number of nitrogens with one attached hydrogen (secondary N) is 2. The Morgan fingerprint density at radius 1 is 1.27 bits per heavy atom. The van der Waals surface area contributed by atoms with Crippen LogP contribution in [0.3, 0.4) is 0 Å². The zero-order valence-electron chi connectivity index (χ0n) is 17.0. The molecule has 0 fully saturated rings. The van der Waals surface area contributed by atoms with Gasteiger partial charge in [-0.3, -0.25) is 4.99 Å². The number of aryl methyl sites for hydroxylation is 1. The summed E-state index contributed by atoms with van der Waals surface area (Å²) in [4.78, 5) is 7.05. The van der Waals surface area contributed by atoms with Crippen LogP contribution in [-0.2, 0) is 10.9 Å². The van der Waals surface area contributed by atoms with Gasteiger partial charge in [-0.15, -0.1) is 0 Å². The normalized spacial score (nSPS) is 13.3. The summed E-state index contributed by atoms with van der Waals surface area (Å²) in [5.41, 5.74) is 1.40. The number of aromatic nitrogens is 1. The number of anilines is 1. The highest BCUT2D eigenvalue weighted by Gasteiger charge is 2.34. The number of nitrogens with zero attached hydrogens (tertiary/aromatic N) is 1. The van der Waals surface area contributed by atoms with Crippen molar-refractivity contribution in [2.45, 2.75) is 32.5 Å². The lowest BCUT2D eigenvalue weighted by molar-refractivity contribution is -0.136. The summed E-state index contributed by atoms with van der Waals surface area (Å²) in [6, 6.07) is 9.18. The average Bonchev–Trinajstić information content (AvgIpc) is 3.02. The quantitative estimate of drug-likeness (QED) is 0.425. The standard InChI is InChI=1S/C22H24F3N3O2/c1-4-14(12-30-3)27-18-9-8-15(10-17(18)22(23,24)25)26-11-16-20-13(2)6-5-7-19(20)28-21(16)29/h5-11,14,27-29H,4,12H2,1-3H3. The van der Waals surface area contributed by atoms with Gasteiger partial charge in [0, 0.05) is 36.0 Å². The van der Waals surface area contributed by atoms with Crippen LogP contribution in [0.15, 0.2) is 41.4 Å². The molecular formula is C22H24F3N3O2. The van der Waals surface area contributed by atoms with Gasteiger partial charge in [-0.05, 0) is 43.2 Å². The Hall–Kier alpha value is -3.00. The molecule has 30 heavy (non-hydrogen) atoms. The van der Waals surface area contributed by atoms with Crippen molar-refractivity contribution in [3.8, 4) is 5.88 Å². The molecule has 3 N–H and O–H groups in total. The van der Waals surface area contributed by atoms with Crippen LogP contribution in [0.5, 0.6) is 5.88 Å². The van der Waals surface area contributed by atoms with Crippen molar-refractivity contribution in [2.75, 3.05) is 19.0 Å². The van der Waals surface area contributed by atoms with Gasteiger partial charge in [0.2, 0.25) is 0 Å². The summed E-state index contributed by atoms with van der Waals surface area (Å²) in [5, 5.41) is 13.9. The number of hydrogen-bond donors (Lipinski definition) is 3. The second kappa shape index (κ2) is 8.79. The van der Waals surface area contributed by atoms with E-state index in [1.165, 1.54) is 25.5 Å². The molecule has 2 aromatic carbocycles. The molecule has 8 heteroatoms. The van der Waals surface area contributed by atoms with Crippen LogP contribution in [-0.4, -0.2) is 36.1 Å². The van der Waals surface area contributed by atoms with Gasteiger partial charge in [0.05, 0.1) is 23.4 Å². The lowest BCUT2D eigenvalue weighted by Gasteiger charge is -2.21. The van der Waals surface area contributed by atoms with Crippen molar-refractivity contribution >= 4 is 28.5 Å². The van der Waals surface area contributed by atoms with E-state index in [0.717, 1.165) is 22.5 Å². The van der Waals surface area contributed by atoms with Crippen molar-refractivity contribution in [2.24, 2.45) is 4.99 Å². The SMILES string of the molecule is CCC(COC)Nc1ccc(N=Cc2c(O)[nH]c3cccc(C)c23)cc1C(F)(F)F. The number of H-pyrrole nitrogens is 1. The van der Waals surface area contributed by atoms with Crippen molar-refractivity contribution < 1.29 is 23.0 Å². The summed E-state index contributed by atoms with van der Waals surface area (Å²) >= 11 is 0. The second-order valence-electron chi connectivity index (χ2n) is 7.08. The smallest absolute Gasteiger partial charge is 0.418 e. The summed E-state index contributed by atoms with van der Waals surface area (Å²) in [5.74, 6) is -0.0808. The fraction of sp³-hybridized carbons (Fsp3) is 0.318. The molecule has 1 heterocycles. The number of alkyl halides is 3. The Morgan fingerprint density at radius 2 is 2.03 bits per heavy atom. The highest BCUT2D eigenvalue weighted by molar-refractivity contribution is 6.04. The Bertz CT molecular complexity index is 1060. The van der Waals surface area contributed by atoms with Crippen molar-refractivity contribution in [1.29, 1.82) is 0 Å². The van der Waals surface area contributed by atoms with Gasteiger partial charge in [-0.1, -0.05) is 19.1 Å². The molecule has 1 atom stereocenters. The third-order valence-electron chi connectivity index (χ3n) is 4.92. The Balaban J connectivity index is 1.97. The van der Waals surface area contributed by atoms with Crippen molar-refractivity contribution in [3.63, 3.8) is 0 Å². The Kier molecular flexibility index (Phi) is 6.36. The van der Waals surface area contributed by atoms with Crippen LogP contribution in [0, 0.1) is 6.92 Å². The van der Waals surface area contributed by atoms with E-state index in [0.29, 0.717) is 18.6 Å². The minimum atomic E-state index is -4.54. The highest BCUT2D eigenvalue weighted by atomic mass is 19.4. The van der Waals surface area contributed by atoms with E-state index in [2.05, 4.69) is 15.3 Å². The number of ether oxygens (including phenoxy) is 1. The molecule has 160 valence electrons. The maximum atomic E-state index is 13.6. The number of hydrogen-bond acceptors (Lipinski definition) is 4. The molecule has 0 spiro atoms. The minimum absolute atomic E-state index is 0.0175. The molecule has 0 amide bonds. The monoisotopic (exact) mass is 419 g/mol. The first-order chi connectivity index (χ1) is 14.2. The molecule has 1 unspecified atom stereocenters. The molecule has 0 aliphatic heterocycles. The van der Waals surface area contributed by atoms with Gasteiger partial charge in [0.15, 0.2) is 5.88 Å². The van der Waals surface area contributed by atoms with E-state index in [1.807, 2.05) is 32.0 Å². The van der Waals surface area contributed by atoms with E-state index in [9.17, 15) is 18.3 Å². The first-order valence-corrected chi connectivity index (χ1v) is 9.55. The largest absolute Gasteiger partial charge is 0.494 e. The lowest BCUT2D eigenvalue weighted by atomic mass is 10.1. The zero-order chi connectivity index (χ0) is 21.9. The fourth-order valence-electron chi connectivity index (χ4n) is 3.36. The lowest BCUT2D eigenvalue weighted by Crippen LogP contribution is -2.25. The topological polar surface area (TPSA) is 69.6 Å². The summed E-state index contributed by atoms with van der Waals surface area (Å²) in [7, 11) is 1.51. The Labute approximate surface area is 172 Å². The predicted molar refractivity (Wildman–Crippen MR) is 113 cm³/mol. The van der Waals surface area contributed by atoms with E-state index < -0.39 is 11.7 Å². The molecule has 0 radical (unpaired) electrons. The summed E-state index contributed by atoms with van der Waals surface area (Å²) in [6.45, 7) is 4.06. The average molecular weight is 419 g/mol. The number of fused-ring (bicyclic) bond motifs is 1. The minimum Gasteiger partial charge on any atom is -0.494 e. The molecule has 5 nitrogen and oxygen atoms in total. The van der Waals surface area contributed by atoms with Gasteiger partial charge in [0.1, 0.15) is 0 Å². The van der Waals surface area contributed by atoms with Crippen LogP contribution < -0.4 is 5.32 Å². The van der Waals surface area contributed by atoms with Crippen molar-refractivity contribution in [1.82, 2.24) is 4.98 Å². The summed E-state index contributed by atoms with van der Waals surface area (Å²) in [6.07, 6.45) is -2.55. The van der Waals surface area contributed by atoms with Crippen molar-refractivity contribution in [3.05, 3.63) is 53.1 Å². The maximum Gasteiger partial charge on any atom is 0.418 e. The van der Waals surface area contributed by atoms with Gasteiger partial charge in [-0.25, -0.2) is 0 Å². The molecule has 0 aliphatic carbocycles. The molecule has 3 aromatic rings. The molecule has 0 saturated carbocycles. The van der Waals surface area contributed by atoms with Gasteiger partial charge in [0.25, 0.3) is 0 Å². The number of aliphatic imine (C=N–C) groups is 1. The first kappa shape index (κ1) is 21.7. The van der Waals surface area contributed by atoms with Gasteiger partial charge in [-0.2, -0.15) is 13.2 Å². The molecular weight excluding hydrogens is 395 g/mol. The van der Waals surface area contributed by atoms with Crippen LogP contribution in [0.4, 0.5) is 24.5 Å². The number of benzene rings is 2. The van der Waals surface area contributed by atoms with Crippen LogP contribution in [0.2, 0.25) is 0 Å². The second-order valence-corrected chi connectivity index (χ2v) is 7.08. The number of aromatic amines is 1. The molecule has 1 aromatic heterocycles. The number of aromatic hydroxyl groups is 1.